The van der Waals surface area contributed by atoms with Gasteiger partial charge in [0, 0.05) is 36.9 Å². The molecule has 0 amide bonds. The molecule has 2 aromatic rings. The van der Waals surface area contributed by atoms with Crippen molar-refractivity contribution in [3.8, 4) is 0 Å². The number of piperazine rings is 1. The van der Waals surface area contributed by atoms with E-state index in [-0.39, 0.29) is 0 Å². The van der Waals surface area contributed by atoms with Gasteiger partial charge in [0.1, 0.15) is 0 Å². The van der Waals surface area contributed by atoms with Crippen LogP contribution in [0.5, 0.6) is 0 Å². The van der Waals surface area contributed by atoms with Crippen molar-refractivity contribution in [1.82, 2.24) is 15.0 Å². The zero-order valence-electron chi connectivity index (χ0n) is 13.5. The Morgan fingerprint density at radius 1 is 1.26 bits per heavy atom. The largest absolute Gasteiger partial charge is 0.369 e. The van der Waals surface area contributed by atoms with E-state index in [2.05, 4.69) is 26.0 Å². The Morgan fingerprint density at radius 3 is 2.61 bits per heavy atom. The highest BCUT2D eigenvalue weighted by Gasteiger charge is 2.23. The highest BCUT2D eigenvalue weighted by molar-refractivity contribution is 6.30. The normalized spacial score (nSPS) is 16.8. The fourth-order valence-corrected chi connectivity index (χ4v) is 2.79. The van der Waals surface area contributed by atoms with Crippen molar-refractivity contribution in [1.29, 1.82) is 0 Å². The summed E-state index contributed by atoms with van der Waals surface area (Å²) in [5, 5.41) is 4.73. The Morgan fingerprint density at radius 2 is 2.00 bits per heavy atom. The van der Waals surface area contributed by atoms with Crippen LogP contribution >= 0.6 is 11.6 Å². The summed E-state index contributed by atoms with van der Waals surface area (Å²) >= 11 is 6.06. The fraction of sp³-hybridized carbons (Fsp3) is 0.500. The van der Waals surface area contributed by atoms with Gasteiger partial charge in [-0.1, -0.05) is 22.8 Å². The third kappa shape index (κ3) is 4.02. The van der Waals surface area contributed by atoms with Crippen molar-refractivity contribution in [3.05, 3.63) is 41.0 Å². The molecule has 2 heterocycles. The van der Waals surface area contributed by atoms with Crippen molar-refractivity contribution >= 4 is 17.3 Å². The number of nitrogens with two attached hydrogens (primary N) is 1. The first-order valence-corrected chi connectivity index (χ1v) is 8.14. The highest BCUT2D eigenvalue weighted by atomic mass is 35.5. The first-order chi connectivity index (χ1) is 10.9. The van der Waals surface area contributed by atoms with Gasteiger partial charge in [0.15, 0.2) is 5.82 Å². The van der Waals surface area contributed by atoms with E-state index >= 15 is 0 Å². The van der Waals surface area contributed by atoms with Crippen LogP contribution in [0.4, 0.5) is 5.69 Å². The standard InChI is InChI=1S/C16H22ClN5O/c1-16(2,18)15-19-14(23-20-15)11-21-6-8-22(9-7-21)13-5-3-4-12(17)10-13/h3-5,10H,6-9,11,18H2,1-2H3. The molecule has 1 saturated heterocycles. The zero-order valence-corrected chi connectivity index (χ0v) is 14.3. The van der Waals surface area contributed by atoms with Gasteiger partial charge in [-0.2, -0.15) is 4.98 Å². The molecule has 124 valence electrons. The third-order valence-electron chi connectivity index (χ3n) is 3.95. The maximum atomic E-state index is 6.06. The van der Waals surface area contributed by atoms with Crippen LogP contribution in [0.15, 0.2) is 28.8 Å². The SMILES string of the molecule is CC(C)(N)c1noc(CN2CCN(c3cccc(Cl)c3)CC2)n1. The molecule has 0 radical (unpaired) electrons. The Bertz CT molecular complexity index is 658. The summed E-state index contributed by atoms with van der Waals surface area (Å²) in [4.78, 5) is 9.03. The van der Waals surface area contributed by atoms with Crippen LogP contribution in [0.1, 0.15) is 25.6 Å². The molecule has 1 aliphatic rings. The fourth-order valence-electron chi connectivity index (χ4n) is 2.61. The molecular formula is C16H22ClN5O. The molecule has 0 atom stereocenters. The topological polar surface area (TPSA) is 71.4 Å². The molecule has 0 aliphatic carbocycles. The highest BCUT2D eigenvalue weighted by Crippen LogP contribution is 2.21. The Hall–Kier alpha value is -1.63. The molecule has 0 spiro atoms. The minimum atomic E-state index is -0.576. The van der Waals surface area contributed by atoms with Crippen LogP contribution in [0.25, 0.3) is 0 Å². The Kier molecular flexibility index (Phi) is 4.57. The molecule has 7 heteroatoms. The second-order valence-corrected chi connectivity index (χ2v) is 6.91. The average molecular weight is 336 g/mol. The van der Waals surface area contributed by atoms with Gasteiger partial charge < -0.3 is 15.2 Å². The number of aromatic nitrogens is 2. The number of hydrogen-bond acceptors (Lipinski definition) is 6. The van der Waals surface area contributed by atoms with Crippen molar-refractivity contribution in [2.75, 3.05) is 31.1 Å². The zero-order chi connectivity index (χ0) is 16.4. The lowest BCUT2D eigenvalue weighted by Crippen LogP contribution is -2.46. The molecule has 3 rings (SSSR count). The van der Waals surface area contributed by atoms with Crippen molar-refractivity contribution < 1.29 is 4.52 Å². The third-order valence-corrected chi connectivity index (χ3v) is 4.18. The molecule has 0 saturated carbocycles. The lowest BCUT2D eigenvalue weighted by atomic mass is 10.1. The molecule has 1 fully saturated rings. The lowest BCUT2D eigenvalue weighted by molar-refractivity contribution is 0.215. The van der Waals surface area contributed by atoms with Gasteiger partial charge in [0.2, 0.25) is 5.89 Å². The summed E-state index contributed by atoms with van der Waals surface area (Å²) in [5.74, 6) is 1.17. The van der Waals surface area contributed by atoms with Gasteiger partial charge in [-0.15, -0.1) is 0 Å². The molecule has 2 N–H and O–H groups in total. The van der Waals surface area contributed by atoms with E-state index in [1.807, 2.05) is 32.0 Å². The van der Waals surface area contributed by atoms with E-state index < -0.39 is 5.54 Å². The van der Waals surface area contributed by atoms with Gasteiger partial charge in [-0.05, 0) is 32.0 Å². The number of halogens is 1. The van der Waals surface area contributed by atoms with Gasteiger partial charge in [0.25, 0.3) is 0 Å². The molecule has 0 unspecified atom stereocenters. The molecule has 0 bridgehead atoms. The minimum absolute atomic E-state index is 0.546. The summed E-state index contributed by atoms with van der Waals surface area (Å²) < 4.78 is 5.31. The molecule has 1 aromatic heterocycles. The molecular weight excluding hydrogens is 314 g/mol. The van der Waals surface area contributed by atoms with Crippen LogP contribution in [0, 0.1) is 0 Å². The van der Waals surface area contributed by atoms with E-state index in [9.17, 15) is 0 Å². The number of hydrogen-bond donors (Lipinski definition) is 1. The smallest absolute Gasteiger partial charge is 0.240 e. The number of anilines is 1. The van der Waals surface area contributed by atoms with Gasteiger partial charge in [-0.25, -0.2) is 0 Å². The minimum Gasteiger partial charge on any atom is -0.369 e. The van der Waals surface area contributed by atoms with Gasteiger partial charge in [0.05, 0.1) is 12.1 Å². The lowest BCUT2D eigenvalue weighted by Gasteiger charge is -2.35. The molecule has 1 aliphatic heterocycles. The number of rotatable bonds is 4. The van der Waals surface area contributed by atoms with Crippen LogP contribution in [-0.2, 0) is 12.1 Å². The summed E-state index contributed by atoms with van der Waals surface area (Å²) in [6.07, 6.45) is 0. The predicted octanol–water partition coefficient (Wildman–Crippen LogP) is 2.24. The first-order valence-electron chi connectivity index (χ1n) is 7.76. The van der Waals surface area contributed by atoms with Crippen molar-refractivity contribution in [2.24, 2.45) is 5.73 Å². The van der Waals surface area contributed by atoms with Crippen molar-refractivity contribution in [2.45, 2.75) is 25.9 Å². The maximum absolute atomic E-state index is 6.06. The predicted molar refractivity (Wildman–Crippen MR) is 90.5 cm³/mol. The van der Waals surface area contributed by atoms with E-state index in [1.54, 1.807) is 0 Å². The first kappa shape index (κ1) is 16.2. The van der Waals surface area contributed by atoms with E-state index in [0.29, 0.717) is 18.3 Å². The summed E-state index contributed by atoms with van der Waals surface area (Å²) in [6.45, 7) is 8.17. The van der Waals surface area contributed by atoms with E-state index in [0.717, 1.165) is 31.2 Å². The van der Waals surface area contributed by atoms with Crippen molar-refractivity contribution in [3.63, 3.8) is 0 Å². The van der Waals surface area contributed by atoms with Gasteiger partial charge in [-0.3, -0.25) is 4.90 Å². The average Bonchev–Trinajstić information content (AvgIpc) is 2.97. The Balaban J connectivity index is 1.56. The molecule has 23 heavy (non-hydrogen) atoms. The molecule has 1 aromatic carbocycles. The monoisotopic (exact) mass is 335 g/mol. The van der Waals surface area contributed by atoms with Crippen LogP contribution in [0.3, 0.4) is 0 Å². The quantitative estimate of drug-likeness (QED) is 0.924. The summed E-state index contributed by atoms with van der Waals surface area (Å²) in [6, 6.07) is 7.98. The Labute approximate surface area is 141 Å². The van der Waals surface area contributed by atoms with E-state index in [1.165, 1.54) is 5.69 Å². The number of benzene rings is 1. The van der Waals surface area contributed by atoms with E-state index in [4.69, 9.17) is 21.9 Å². The molecule has 6 nitrogen and oxygen atoms in total. The number of nitrogens with zero attached hydrogens (tertiary/aromatic N) is 4. The summed E-state index contributed by atoms with van der Waals surface area (Å²) in [7, 11) is 0. The van der Waals surface area contributed by atoms with Crippen LogP contribution in [-0.4, -0.2) is 41.2 Å². The summed E-state index contributed by atoms with van der Waals surface area (Å²) in [5.41, 5.74) is 6.57. The van der Waals surface area contributed by atoms with Gasteiger partial charge >= 0.3 is 0 Å². The maximum Gasteiger partial charge on any atom is 0.240 e. The second-order valence-electron chi connectivity index (χ2n) is 6.48. The second kappa shape index (κ2) is 6.47. The van der Waals surface area contributed by atoms with Crippen LogP contribution < -0.4 is 10.6 Å². The van der Waals surface area contributed by atoms with Crippen LogP contribution in [0.2, 0.25) is 5.02 Å².